The lowest BCUT2D eigenvalue weighted by molar-refractivity contribution is 0.244. The van der Waals surface area contributed by atoms with Gasteiger partial charge in [-0.3, -0.25) is 0 Å². The third-order valence-electron chi connectivity index (χ3n) is 4.07. The van der Waals surface area contributed by atoms with E-state index in [4.69, 9.17) is 11.6 Å². The van der Waals surface area contributed by atoms with Crippen molar-refractivity contribution in [3.05, 3.63) is 21.3 Å². The van der Waals surface area contributed by atoms with Gasteiger partial charge in [-0.05, 0) is 61.6 Å². The average molecular weight is 286 g/mol. The van der Waals surface area contributed by atoms with Crippen molar-refractivity contribution in [2.45, 2.75) is 45.4 Å². The maximum absolute atomic E-state index is 6.34. The van der Waals surface area contributed by atoms with Gasteiger partial charge < -0.3 is 5.32 Å². The number of nitrogens with one attached hydrogen (secondary N) is 1. The van der Waals surface area contributed by atoms with Gasteiger partial charge in [-0.15, -0.1) is 11.3 Å². The summed E-state index contributed by atoms with van der Waals surface area (Å²) in [6.07, 6.45) is 5.24. The lowest BCUT2D eigenvalue weighted by Crippen LogP contribution is -2.31. The number of halogens is 1. The van der Waals surface area contributed by atoms with Crippen LogP contribution in [0.25, 0.3) is 0 Å². The highest BCUT2D eigenvalue weighted by Crippen LogP contribution is 2.44. The van der Waals surface area contributed by atoms with Crippen LogP contribution in [0.2, 0.25) is 5.02 Å². The van der Waals surface area contributed by atoms with Gasteiger partial charge >= 0.3 is 0 Å². The SMILES string of the molecule is CCCNCC1CCC(C)CC1c1sccc1Cl. The first-order valence-electron chi connectivity index (χ1n) is 7.16. The first-order valence-corrected chi connectivity index (χ1v) is 8.41. The van der Waals surface area contributed by atoms with Crippen molar-refractivity contribution in [2.75, 3.05) is 13.1 Å². The Labute approximate surface area is 120 Å². The van der Waals surface area contributed by atoms with Gasteiger partial charge in [-0.1, -0.05) is 31.9 Å². The summed E-state index contributed by atoms with van der Waals surface area (Å²) in [5, 5.41) is 6.71. The lowest BCUT2D eigenvalue weighted by Gasteiger charge is -2.35. The van der Waals surface area contributed by atoms with Gasteiger partial charge in [0.25, 0.3) is 0 Å². The molecule has 0 aromatic carbocycles. The standard InChI is InChI=1S/C15H24ClNS/c1-3-7-17-10-12-5-4-11(2)9-13(12)15-14(16)6-8-18-15/h6,8,11-13,17H,3-5,7,9-10H2,1-2H3. The van der Waals surface area contributed by atoms with Crippen molar-refractivity contribution in [1.82, 2.24) is 5.32 Å². The van der Waals surface area contributed by atoms with Gasteiger partial charge in [-0.2, -0.15) is 0 Å². The normalized spacial score (nSPS) is 28.5. The molecule has 1 aliphatic rings. The Hall–Kier alpha value is -0.0500. The Balaban J connectivity index is 2.04. The van der Waals surface area contributed by atoms with Gasteiger partial charge in [0, 0.05) is 4.88 Å². The lowest BCUT2D eigenvalue weighted by atomic mass is 9.74. The van der Waals surface area contributed by atoms with Gasteiger partial charge in [-0.25, -0.2) is 0 Å². The summed E-state index contributed by atoms with van der Waals surface area (Å²) in [6, 6.07) is 2.05. The largest absolute Gasteiger partial charge is 0.316 e. The summed E-state index contributed by atoms with van der Waals surface area (Å²) >= 11 is 8.18. The van der Waals surface area contributed by atoms with Crippen LogP contribution >= 0.6 is 22.9 Å². The van der Waals surface area contributed by atoms with Crippen molar-refractivity contribution in [3.63, 3.8) is 0 Å². The highest BCUT2D eigenvalue weighted by Gasteiger charge is 2.31. The van der Waals surface area contributed by atoms with E-state index in [1.54, 1.807) is 0 Å². The summed E-state index contributed by atoms with van der Waals surface area (Å²) in [5.41, 5.74) is 0. The molecule has 1 fully saturated rings. The topological polar surface area (TPSA) is 12.0 Å². The van der Waals surface area contributed by atoms with E-state index in [0.717, 1.165) is 29.9 Å². The van der Waals surface area contributed by atoms with Gasteiger partial charge in [0.1, 0.15) is 0 Å². The summed E-state index contributed by atoms with van der Waals surface area (Å²) in [7, 11) is 0. The number of rotatable bonds is 5. The van der Waals surface area contributed by atoms with E-state index in [9.17, 15) is 0 Å². The number of hydrogen-bond acceptors (Lipinski definition) is 2. The van der Waals surface area contributed by atoms with E-state index >= 15 is 0 Å². The van der Waals surface area contributed by atoms with Crippen molar-refractivity contribution in [1.29, 1.82) is 0 Å². The number of thiophene rings is 1. The van der Waals surface area contributed by atoms with Gasteiger partial charge in [0.05, 0.1) is 5.02 Å². The average Bonchev–Trinajstić information content (AvgIpc) is 2.77. The van der Waals surface area contributed by atoms with Crippen molar-refractivity contribution < 1.29 is 0 Å². The molecule has 0 aliphatic heterocycles. The fraction of sp³-hybridized carbons (Fsp3) is 0.733. The van der Waals surface area contributed by atoms with Gasteiger partial charge in [0.2, 0.25) is 0 Å². The molecule has 0 spiro atoms. The molecule has 3 unspecified atom stereocenters. The Morgan fingerprint density at radius 3 is 2.94 bits per heavy atom. The molecule has 2 rings (SSSR count). The van der Waals surface area contributed by atoms with Crippen LogP contribution in [0.1, 0.15) is 50.3 Å². The predicted octanol–water partition coefficient (Wildman–Crippen LogP) is 4.92. The third-order valence-corrected chi connectivity index (χ3v) is 5.56. The molecule has 1 N–H and O–H groups in total. The molecule has 18 heavy (non-hydrogen) atoms. The van der Waals surface area contributed by atoms with E-state index in [-0.39, 0.29) is 0 Å². The molecule has 1 aliphatic carbocycles. The summed E-state index contributed by atoms with van der Waals surface area (Å²) in [4.78, 5) is 1.42. The minimum atomic E-state index is 0.672. The minimum absolute atomic E-state index is 0.672. The molecular formula is C15H24ClNS. The third kappa shape index (κ3) is 3.49. The second-order valence-electron chi connectivity index (χ2n) is 5.62. The van der Waals surface area contributed by atoms with Crippen molar-refractivity contribution >= 4 is 22.9 Å². The Bertz CT molecular complexity index is 363. The summed E-state index contributed by atoms with van der Waals surface area (Å²) < 4.78 is 0. The second kappa shape index (κ2) is 6.93. The van der Waals surface area contributed by atoms with E-state index in [1.165, 1.54) is 30.6 Å². The molecule has 0 radical (unpaired) electrons. The fourth-order valence-electron chi connectivity index (χ4n) is 3.04. The van der Waals surface area contributed by atoms with Crippen LogP contribution in [0.4, 0.5) is 0 Å². The molecule has 3 heteroatoms. The molecule has 1 nitrogen and oxygen atoms in total. The minimum Gasteiger partial charge on any atom is -0.316 e. The van der Waals surface area contributed by atoms with E-state index in [0.29, 0.717) is 5.92 Å². The Morgan fingerprint density at radius 1 is 1.44 bits per heavy atom. The highest BCUT2D eigenvalue weighted by atomic mass is 35.5. The monoisotopic (exact) mass is 285 g/mol. The zero-order valence-electron chi connectivity index (χ0n) is 11.4. The van der Waals surface area contributed by atoms with E-state index in [2.05, 4.69) is 30.6 Å². The van der Waals surface area contributed by atoms with Crippen LogP contribution < -0.4 is 5.32 Å². The maximum Gasteiger partial charge on any atom is 0.0547 e. The molecule has 1 heterocycles. The van der Waals surface area contributed by atoms with Crippen LogP contribution in [0.3, 0.4) is 0 Å². The van der Waals surface area contributed by atoms with Crippen LogP contribution in [-0.4, -0.2) is 13.1 Å². The van der Waals surface area contributed by atoms with Crippen LogP contribution in [0, 0.1) is 11.8 Å². The second-order valence-corrected chi connectivity index (χ2v) is 6.98. The predicted molar refractivity (Wildman–Crippen MR) is 81.7 cm³/mol. The molecule has 1 aromatic rings. The molecule has 0 saturated heterocycles. The molecule has 0 amide bonds. The molecule has 0 bridgehead atoms. The fourth-order valence-corrected chi connectivity index (χ4v) is 4.45. The van der Waals surface area contributed by atoms with Crippen LogP contribution in [-0.2, 0) is 0 Å². The maximum atomic E-state index is 6.34. The molecule has 3 atom stereocenters. The molecule has 102 valence electrons. The Morgan fingerprint density at radius 2 is 2.28 bits per heavy atom. The first-order chi connectivity index (χ1) is 8.72. The van der Waals surface area contributed by atoms with E-state index < -0.39 is 0 Å². The summed E-state index contributed by atoms with van der Waals surface area (Å²) in [6.45, 7) is 6.89. The van der Waals surface area contributed by atoms with E-state index in [1.807, 2.05) is 11.3 Å². The zero-order chi connectivity index (χ0) is 13.0. The molecular weight excluding hydrogens is 262 g/mol. The number of hydrogen-bond donors (Lipinski definition) is 1. The summed E-state index contributed by atoms with van der Waals surface area (Å²) in [5.74, 6) is 2.28. The van der Waals surface area contributed by atoms with Crippen molar-refractivity contribution in [2.24, 2.45) is 11.8 Å². The van der Waals surface area contributed by atoms with Crippen molar-refractivity contribution in [3.8, 4) is 0 Å². The highest BCUT2D eigenvalue weighted by molar-refractivity contribution is 7.10. The quantitative estimate of drug-likeness (QED) is 0.757. The van der Waals surface area contributed by atoms with Gasteiger partial charge in [0.15, 0.2) is 0 Å². The molecule has 1 aromatic heterocycles. The first kappa shape index (κ1) is 14.4. The van der Waals surface area contributed by atoms with Crippen LogP contribution in [0.15, 0.2) is 11.4 Å². The van der Waals surface area contributed by atoms with Crippen LogP contribution in [0.5, 0.6) is 0 Å². The smallest absolute Gasteiger partial charge is 0.0547 e. The Kier molecular flexibility index (Phi) is 5.53. The zero-order valence-corrected chi connectivity index (χ0v) is 13.0. The molecule has 1 saturated carbocycles.